The van der Waals surface area contributed by atoms with Gasteiger partial charge in [-0.25, -0.2) is 0 Å². The normalized spacial score (nSPS) is 13.4. The molecule has 0 radical (unpaired) electrons. The molecule has 1 fully saturated rings. The number of nitrogens with zero attached hydrogens (tertiary/aromatic N) is 3. The van der Waals surface area contributed by atoms with Crippen molar-refractivity contribution in [3.63, 3.8) is 0 Å². The molecule has 0 aliphatic carbocycles. The van der Waals surface area contributed by atoms with Gasteiger partial charge >= 0.3 is 0 Å². The lowest BCUT2D eigenvalue weighted by atomic mass is 10.0. The maximum Gasteiger partial charge on any atom is 0.279 e. The van der Waals surface area contributed by atoms with Gasteiger partial charge in [0.2, 0.25) is 5.91 Å². The molecule has 0 atom stereocenters. The van der Waals surface area contributed by atoms with Gasteiger partial charge in [-0.15, -0.1) is 0 Å². The SMILES string of the molecule is Cc1c(C(=O)NCc2ccc(N3CCCC3=O)cc2)cc([N+](=O)[O-])cc1[N+](=O)[O-]. The molecule has 1 heterocycles. The third-order valence-electron chi connectivity index (χ3n) is 4.79. The monoisotopic (exact) mass is 398 g/mol. The average Bonchev–Trinajstić information content (AvgIpc) is 3.12. The van der Waals surface area contributed by atoms with Crippen molar-refractivity contribution in [3.05, 3.63) is 73.3 Å². The Kier molecular flexibility index (Phi) is 5.53. The van der Waals surface area contributed by atoms with Gasteiger partial charge in [-0.2, -0.15) is 0 Å². The minimum Gasteiger partial charge on any atom is -0.348 e. The van der Waals surface area contributed by atoms with E-state index in [9.17, 15) is 29.8 Å². The number of nitro groups is 2. The van der Waals surface area contributed by atoms with Crippen LogP contribution in [0.25, 0.3) is 0 Å². The van der Waals surface area contributed by atoms with Crippen molar-refractivity contribution in [2.24, 2.45) is 0 Å². The van der Waals surface area contributed by atoms with Crippen LogP contribution in [0, 0.1) is 27.2 Å². The molecule has 10 nitrogen and oxygen atoms in total. The van der Waals surface area contributed by atoms with E-state index in [2.05, 4.69) is 5.32 Å². The molecule has 10 heteroatoms. The standard InChI is InChI=1S/C19H18N4O6/c1-12-16(9-15(22(26)27)10-17(12)23(28)29)19(25)20-11-13-4-6-14(7-5-13)21-8-2-3-18(21)24/h4-7,9-10H,2-3,8,11H2,1H3,(H,20,25). The summed E-state index contributed by atoms with van der Waals surface area (Å²) in [5.74, 6) is -0.568. The molecule has 150 valence electrons. The Balaban J connectivity index is 1.74. The smallest absolute Gasteiger partial charge is 0.279 e. The number of benzene rings is 2. The minimum absolute atomic E-state index is 0.0565. The van der Waals surface area contributed by atoms with Crippen molar-refractivity contribution >= 4 is 28.9 Å². The van der Waals surface area contributed by atoms with Crippen molar-refractivity contribution in [1.29, 1.82) is 0 Å². The molecule has 29 heavy (non-hydrogen) atoms. The lowest BCUT2D eigenvalue weighted by Crippen LogP contribution is -2.25. The van der Waals surface area contributed by atoms with Gasteiger partial charge in [-0.1, -0.05) is 12.1 Å². The predicted octanol–water partition coefficient (Wildman–Crippen LogP) is 2.87. The Morgan fingerprint density at radius 2 is 1.83 bits per heavy atom. The fourth-order valence-electron chi connectivity index (χ4n) is 3.21. The topological polar surface area (TPSA) is 136 Å². The van der Waals surface area contributed by atoms with E-state index < -0.39 is 27.1 Å². The van der Waals surface area contributed by atoms with Crippen molar-refractivity contribution < 1.29 is 19.4 Å². The molecule has 0 aromatic heterocycles. The molecule has 1 aliphatic rings. The highest BCUT2D eigenvalue weighted by atomic mass is 16.6. The highest BCUT2D eigenvalue weighted by Crippen LogP contribution is 2.28. The van der Waals surface area contributed by atoms with Gasteiger partial charge in [0.05, 0.1) is 21.5 Å². The molecular formula is C19H18N4O6. The number of hydrogen-bond donors (Lipinski definition) is 1. The second kappa shape index (κ2) is 8.05. The number of non-ortho nitro benzene ring substituents is 1. The Hall–Kier alpha value is -3.82. The zero-order valence-electron chi connectivity index (χ0n) is 15.6. The summed E-state index contributed by atoms with van der Waals surface area (Å²) in [7, 11) is 0. The first-order valence-corrected chi connectivity index (χ1v) is 8.89. The number of nitro benzene ring substituents is 2. The summed E-state index contributed by atoms with van der Waals surface area (Å²) in [5, 5.41) is 24.8. The fraction of sp³-hybridized carbons (Fsp3) is 0.263. The van der Waals surface area contributed by atoms with Crippen LogP contribution < -0.4 is 10.2 Å². The highest BCUT2D eigenvalue weighted by molar-refractivity contribution is 5.97. The van der Waals surface area contributed by atoms with Crippen molar-refractivity contribution in [2.75, 3.05) is 11.4 Å². The summed E-state index contributed by atoms with van der Waals surface area (Å²) in [6.07, 6.45) is 1.36. The van der Waals surface area contributed by atoms with Crippen LogP contribution in [0.5, 0.6) is 0 Å². The number of amides is 2. The van der Waals surface area contributed by atoms with Gasteiger partial charge in [0.15, 0.2) is 0 Å². The van der Waals surface area contributed by atoms with E-state index in [1.165, 1.54) is 6.92 Å². The zero-order chi connectivity index (χ0) is 21.1. The summed E-state index contributed by atoms with van der Waals surface area (Å²) in [6, 6.07) is 8.97. The Morgan fingerprint density at radius 1 is 1.14 bits per heavy atom. The minimum atomic E-state index is -0.776. The second-order valence-corrected chi connectivity index (χ2v) is 6.65. The molecule has 0 saturated carbocycles. The zero-order valence-corrected chi connectivity index (χ0v) is 15.6. The molecular weight excluding hydrogens is 380 g/mol. The first-order chi connectivity index (χ1) is 13.8. The van der Waals surface area contributed by atoms with E-state index in [4.69, 9.17) is 0 Å². The van der Waals surface area contributed by atoms with Gasteiger partial charge in [-0.05, 0) is 31.0 Å². The van der Waals surface area contributed by atoms with Crippen LogP contribution >= 0.6 is 0 Å². The third-order valence-corrected chi connectivity index (χ3v) is 4.79. The van der Waals surface area contributed by atoms with Crippen molar-refractivity contribution in [1.82, 2.24) is 5.32 Å². The maximum absolute atomic E-state index is 12.5. The number of carbonyl (C=O) groups is 2. The Bertz CT molecular complexity index is 1000. The average molecular weight is 398 g/mol. The lowest BCUT2D eigenvalue weighted by molar-refractivity contribution is -0.394. The van der Waals surface area contributed by atoms with Crippen LogP contribution in [0.1, 0.15) is 34.3 Å². The Morgan fingerprint density at radius 3 is 2.38 bits per heavy atom. The van der Waals surface area contributed by atoms with Gasteiger partial charge in [-0.3, -0.25) is 29.8 Å². The van der Waals surface area contributed by atoms with Crippen LogP contribution in [0.2, 0.25) is 0 Å². The summed E-state index contributed by atoms with van der Waals surface area (Å²) in [6.45, 7) is 2.18. The van der Waals surface area contributed by atoms with Gasteiger partial charge in [0.1, 0.15) is 0 Å². The van der Waals surface area contributed by atoms with Gasteiger partial charge < -0.3 is 10.2 Å². The largest absolute Gasteiger partial charge is 0.348 e. The van der Waals surface area contributed by atoms with E-state index in [1.54, 1.807) is 29.2 Å². The number of carbonyl (C=O) groups excluding carboxylic acids is 2. The summed E-state index contributed by atoms with van der Waals surface area (Å²) < 4.78 is 0. The summed E-state index contributed by atoms with van der Waals surface area (Å²) >= 11 is 0. The molecule has 3 rings (SSSR count). The van der Waals surface area contributed by atoms with E-state index in [-0.39, 0.29) is 23.6 Å². The summed E-state index contributed by atoms with van der Waals surface area (Å²) in [5.41, 5.74) is 0.473. The fourth-order valence-corrected chi connectivity index (χ4v) is 3.21. The van der Waals surface area contributed by atoms with Crippen LogP contribution in [0.3, 0.4) is 0 Å². The molecule has 2 amide bonds. The molecule has 0 unspecified atom stereocenters. The third kappa shape index (κ3) is 4.21. The Labute approximate surface area is 165 Å². The first-order valence-electron chi connectivity index (χ1n) is 8.89. The van der Waals surface area contributed by atoms with Crippen LogP contribution in [0.4, 0.5) is 17.1 Å². The van der Waals surface area contributed by atoms with E-state index >= 15 is 0 Å². The number of anilines is 1. The molecule has 2 aromatic carbocycles. The van der Waals surface area contributed by atoms with Gasteiger partial charge in [0.25, 0.3) is 17.3 Å². The highest BCUT2D eigenvalue weighted by Gasteiger charge is 2.25. The maximum atomic E-state index is 12.5. The quantitative estimate of drug-likeness (QED) is 0.587. The van der Waals surface area contributed by atoms with E-state index in [0.29, 0.717) is 13.0 Å². The van der Waals surface area contributed by atoms with Crippen molar-refractivity contribution in [2.45, 2.75) is 26.3 Å². The van der Waals surface area contributed by atoms with Crippen molar-refractivity contribution in [3.8, 4) is 0 Å². The molecule has 1 saturated heterocycles. The molecule has 1 aliphatic heterocycles. The number of nitrogens with one attached hydrogen (secondary N) is 1. The molecule has 2 aromatic rings. The number of rotatable bonds is 6. The summed E-state index contributed by atoms with van der Waals surface area (Å²) in [4.78, 5) is 46.6. The lowest BCUT2D eigenvalue weighted by Gasteiger charge is -2.16. The molecule has 0 bridgehead atoms. The molecule has 1 N–H and O–H groups in total. The van der Waals surface area contributed by atoms with Crippen LogP contribution in [-0.2, 0) is 11.3 Å². The van der Waals surface area contributed by atoms with E-state index in [0.717, 1.165) is 29.8 Å². The number of hydrogen-bond acceptors (Lipinski definition) is 6. The second-order valence-electron chi connectivity index (χ2n) is 6.65. The first kappa shape index (κ1) is 19.9. The van der Waals surface area contributed by atoms with Gasteiger partial charge in [0, 0.05) is 36.8 Å². The predicted molar refractivity (Wildman–Crippen MR) is 104 cm³/mol. The van der Waals surface area contributed by atoms with E-state index in [1.807, 2.05) is 0 Å². The van der Waals surface area contributed by atoms with Crippen LogP contribution in [0.15, 0.2) is 36.4 Å². The molecule has 0 spiro atoms. The van der Waals surface area contributed by atoms with Crippen LogP contribution in [-0.4, -0.2) is 28.2 Å².